The number of fused-ring (bicyclic) bond motifs is 1. The molecule has 1 aliphatic heterocycles. The van der Waals surface area contributed by atoms with Gasteiger partial charge in [0.15, 0.2) is 6.10 Å². The molecule has 0 saturated heterocycles. The van der Waals surface area contributed by atoms with Gasteiger partial charge in [-0.05, 0) is 42.7 Å². The number of nitrogens with one attached hydrogen (secondary N) is 1. The van der Waals surface area contributed by atoms with Crippen LogP contribution >= 0.6 is 11.6 Å². The predicted octanol–water partition coefficient (Wildman–Crippen LogP) is 4.18. The average molecular weight is 513 g/mol. The molecule has 0 spiro atoms. The van der Waals surface area contributed by atoms with E-state index in [4.69, 9.17) is 16.6 Å². The van der Waals surface area contributed by atoms with E-state index in [1.165, 1.54) is 4.90 Å². The van der Waals surface area contributed by atoms with Crippen LogP contribution in [0.15, 0.2) is 77.6 Å². The minimum Gasteiger partial charge on any atom is -0.377 e. The van der Waals surface area contributed by atoms with Crippen molar-refractivity contribution in [2.45, 2.75) is 37.3 Å². The Morgan fingerprint density at radius 1 is 1.03 bits per heavy atom. The summed E-state index contributed by atoms with van der Waals surface area (Å²) < 4.78 is 0. The van der Waals surface area contributed by atoms with Crippen LogP contribution in [-0.4, -0.2) is 37.4 Å². The molecule has 186 valence electrons. The van der Waals surface area contributed by atoms with Crippen molar-refractivity contribution >= 4 is 17.5 Å². The van der Waals surface area contributed by atoms with Gasteiger partial charge in [0, 0.05) is 23.6 Å². The summed E-state index contributed by atoms with van der Waals surface area (Å²) in [5.41, 5.74) is 3.53. The topological polar surface area (TPSA) is 99.2 Å². The van der Waals surface area contributed by atoms with E-state index in [9.17, 15) is 14.7 Å². The second kappa shape index (κ2) is 9.25. The number of aliphatic hydroxyl groups is 1. The predicted molar refractivity (Wildman–Crippen MR) is 140 cm³/mol. The molecule has 1 amide bonds. The van der Waals surface area contributed by atoms with E-state index in [1.54, 1.807) is 30.3 Å². The summed E-state index contributed by atoms with van der Waals surface area (Å²) >= 11 is 6.10. The van der Waals surface area contributed by atoms with Crippen molar-refractivity contribution in [2.75, 3.05) is 6.54 Å². The van der Waals surface area contributed by atoms with Crippen LogP contribution < -0.4 is 5.56 Å². The molecule has 2 aromatic heterocycles. The Morgan fingerprint density at radius 2 is 1.81 bits per heavy atom. The van der Waals surface area contributed by atoms with Crippen LogP contribution in [0.3, 0.4) is 0 Å². The zero-order valence-electron chi connectivity index (χ0n) is 20.0. The van der Waals surface area contributed by atoms with E-state index in [0.717, 1.165) is 29.7 Å². The van der Waals surface area contributed by atoms with Gasteiger partial charge in [-0.15, -0.1) is 0 Å². The first-order valence-corrected chi connectivity index (χ1v) is 12.7. The summed E-state index contributed by atoms with van der Waals surface area (Å²) in [6.07, 6.45) is 0.888. The Morgan fingerprint density at radius 3 is 2.57 bits per heavy atom. The first kappa shape index (κ1) is 23.6. The van der Waals surface area contributed by atoms with E-state index in [0.29, 0.717) is 35.1 Å². The number of benzene rings is 2. The van der Waals surface area contributed by atoms with Crippen molar-refractivity contribution in [3.8, 4) is 11.3 Å². The molecule has 37 heavy (non-hydrogen) atoms. The zero-order valence-corrected chi connectivity index (χ0v) is 20.8. The van der Waals surface area contributed by atoms with E-state index < -0.39 is 12.0 Å². The summed E-state index contributed by atoms with van der Waals surface area (Å²) in [4.78, 5) is 40.2. The summed E-state index contributed by atoms with van der Waals surface area (Å²) in [6.45, 7) is 0.464. The first-order chi connectivity index (χ1) is 17.9. The average Bonchev–Trinajstić information content (AvgIpc) is 3.75. The first-order valence-electron chi connectivity index (χ1n) is 12.3. The smallest absolute Gasteiger partial charge is 0.257 e. The molecule has 1 saturated carbocycles. The highest BCUT2D eigenvalue weighted by Gasteiger charge is 2.48. The van der Waals surface area contributed by atoms with Gasteiger partial charge in [0.1, 0.15) is 5.82 Å². The van der Waals surface area contributed by atoms with Crippen molar-refractivity contribution in [1.82, 2.24) is 19.9 Å². The Kier molecular flexibility index (Phi) is 5.89. The van der Waals surface area contributed by atoms with E-state index in [1.807, 2.05) is 30.3 Å². The molecule has 1 aliphatic carbocycles. The number of halogens is 1. The lowest BCUT2D eigenvalue weighted by atomic mass is 9.94. The molecule has 4 aromatic rings. The Bertz CT molecular complexity index is 1550. The highest BCUT2D eigenvalue weighted by molar-refractivity contribution is 6.30. The third-order valence-corrected chi connectivity index (χ3v) is 7.55. The van der Waals surface area contributed by atoms with Crippen LogP contribution in [0.1, 0.15) is 47.3 Å². The van der Waals surface area contributed by atoms with Gasteiger partial charge in [-0.1, -0.05) is 60.1 Å². The lowest BCUT2D eigenvalue weighted by molar-refractivity contribution is -0.141. The molecule has 2 aliphatic rings. The molecule has 6 rings (SSSR count). The van der Waals surface area contributed by atoms with Crippen molar-refractivity contribution in [2.24, 2.45) is 0 Å². The largest absolute Gasteiger partial charge is 0.377 e. The van der Waals surface area contributed by atoms with E-state index in [2.05, 4.69) is 22.1 Å². The third kappa shape index (κ3) is 4.34. The Labute approximate surface area is 218 Å². The van der Waals surface area contributed by atoms with Gasteiger partial charge >= 0.3 is 0 Å². The number of carbonyl (C=O) groups excluding carboxylic acids is 1. The van der Waals surface area contributed by atoms with Gasteiger partial charge in [-0.3, -0.25) is 9.59 Å². The second-order valence-electron chi connectivity index (χ2n) is 9.66. The van der Waals surface area contributed by atoms with Gasteiger partial charge in [0.05, 0.1) is 34.6 Å². The van der Waals surface area contributed by atoms with E-state index >= 15 is 0 Å². The highest BCUT2D eigenvalue weighted by Crippen LogP contribution is 2.51. The summed E-state index contributed by atoms with van der Waals surface area (Å²) in [5, 5.41) is 11.5. The number of pyridine rings is 1. The zero-order chi connectivity index (χ0) is 25.6. The minimum absolute atomic E-state index is 0.0974. The van der Waals surface area contributed by atoms with Gasteiger partial charge in [0.25, 0.3) is 11.5 Å². The number of aromatic nitrogens is 3. The number of nitrogens with zero attached hydrogens (tertiary/aromatic N) is 3. The fourth-order valence-corrected chi connectivity index (χ4v) is 5.29. The van der Waals surface area contributed by atoms with Crippen LogP contribution in [0.25, 0.3) is 11.3 Å². The number of carbonyl (C=O) groups is 1. The lowest BCUT2D eigenvalue weighted by Gasteiger charge is -2.30. The molecule has 2 N–H and O–H groups in total. The van der Waals surface area contributed by atoms with Crippen LogP contribution in [0.5, 0.6) is 0 Å². The highest BCUT2D eigenvalue weighted by atomic mass is 35.5. The molecule has 1 atom stereocenters. The maximum Gasteiger partial charge on any atom is 0.257 e. The molecular weight excluding hydrogens is 488 g/mol. The number of aliphatic hydroxyl groups excluding tert-OH is 1. The molecule has 7 nitrogen and oxygen atoms in total. The number of rotatable bonds is 5. The van der Waals surface area contributed by atoms with E-state index in [-0.39, 0.29) is 23.2 Å². The molecule has 2 aromatic carbocycles. The molecule has 1 unspecified atom stereocenters. The Balaban J connectivity index is 1.23. The van der Waals surface area contributed by atoms with Crippen molar-refractivity contribution in [3.63, 3.8) is 0 Å². The minimum atomic E-state index is -1.44. The quantitative estimate of drug-likeness (QED) is 0.418. The van der Waals surface area contributed by atoms with Crippen LogP contribution in [0.2, 0.25) is 5.02 Å². The lowest BCUT2D eigenvalue weighted by Crippen LogP contribution is -2.42. The molecular formula is C29H25ClN4O3. The number of amides is 1. The van der Waals surface area contributed by atoms with Crippen molar-refractivity contribution in [1.29, 1.82) is 0 Å². The second-order valence-corrected chi connectivity index (χ2v) is 10.1. The maximum absolute atomic E-state index is 13.2. The molecule has 3 heterocycles. The number of hydrogen-bond donors (Lipinski definition) is 2. The number of aromatic amines is 1. The monoisotopic (exact) mass is 512 g/mol. The fourth-order valence-electron chi connectivity index (χ4n) is 5.10. The SMILES string of the molecule is O=C(C(O)c1cccc(-c2cccc(Cl)c2)n1)N1CCc2nc(C3(c4ccccc4)CC3)[nH]c(=O)c2C1. The fraction of sp³-hybridized carbons (Fsp3) is 0.241. The van der Waals surface area contributed by atoms with Crippen LogP contribution in [-0.2, 0) is 23.2 Å². The molecule has 8 heteroatoms. The normalized spacial score (nSPS) is 16.6. The maximum atomic E-state index is 13.2. The summed E-state index contributed by atoms with van der Waals surface area (Å²) in [7, 11) is 0. The van der Waals surface area contributed by atoms with Crippen molar-refractivity contribution in [3.05, 3.63) is 117 Å². The van der Waals surface area contributed by atoms with Gasteiger partial charge in [-0.25, -0.2) is 9.97 Å². The standard InChI is InChI=1S/C29H25ClN4O3/c30-20-9-4-6-18(16-20)22-10-5-11-24(31-22)25(35)27(37)34-15-12-23-21(17-34)26(36)33-28(32-23)29(13-14-29)19-7-2-1-3-8-19/h1-11,16,25,35H,12-15,17H2,(H,32,33,36). The van der Waals surface area contributed by atoms with Crippen LogP contribution in [0.4, 0.5) is 0 Å². The van der Waals surface area contributed by atoms with Crippen molar-refractivity contribution < 1.29 is 9.90 Å². The molecule has 1 fully saturated rings. The van der Waals surface area contributed by atoms with Gasteiger partial charge in [-0.2, -0.15) is 0 Å². The van der Waals surface area contributed by atoms with Gasteiger partial charge in [0.2, 0.25) is 0 Å². The Hall–Kier alpha value is -3.81. The summed E-state index contributed by atoms with van der Waals surface area (Å²) in [5.74, 6) is 0.206. The number of hydrogen-bond acceptors (Lipinski definition) is 5. The molecule has 0 bridgehead atoms. The molecule has 0 radical (unpaired) electrons. The third-order valence-electron chi connectivity index (χ3n) is 7.32. The number of H-pyrrole nitrogens is 1. The summed E-state index contributed by atoms with van der Waals surface area (Å²) in [6, 6.07) is 22.5. The van der Waals surface area contributed by atoms with Gasteiger partial charge < -0.3 is 15.0 Å². The van der Waals surface area contributed by atoms with Crippen LogP contribution in [0, 0.1) is 0 Å².